The summed E-state index contributed by atoms with van der Waals surface area (Å²) in [5.74, 6) is 1.25. The number of carbonyl (C=O) groups excluding carboxylic acids is 2. The number of benzene rings is 1. The number of piperidine rings is 1. The van der Waals surface area contributed by atoms with Crippen molar-refractivity contribution in [1.82, 2.24) is 10.2 Å². The summed E-state index contributed by atoms with van der Waals surface area (Å²) in [6.45, 7) is 4.17. The molecule has 0 radical (unpaired) electrons. The summed E-state index contributed by atoms with van der Waals surface area (Å²) in [5.41, 5.74) is 3.51. The quantitative estimate of drug-likeness (QED) is 0.897. The van der Waals surface area contributed by atoms with Crippen molar-refractivity contribution in [3.63, 3.8) is 0 Å². The highest BCUT2D eigenvalue weighted by Gasteiger charge is 2.63. The molecule has 5 aliphatic rings. The topological polar surface area (TPSA) is 49.4 Å². The van der Waals surface area contributed by atoms with E-state index in [2.05, 4.69) is 41.4 Å². The molecule has 4 heteroatoms. The zero-order chi connectivity index (χ0) is 18.4. The fourth-order valence-electron chi connectivity index (χ4n) is 6.17. The molecule has 2 saturated heterocycles. The second-order valence-electron chi connectivity index (χ2n) is 10.3. The highest BCUT2D eigenvalue weighted by Crippen LogP contribution is 2.60. The molecule has 2 heterocycles. The first-order valence-corrected chi connectivity index (χ1v) is 10.6. The van der Waals surface area contributed by atoms with Gasteiger partial charge in [-0.25, -0.2) is 0 Å². The van der Waals surface area contributed by atoms with Crippen LogP contribution in [0.2, 0.25) is 0 Å². The Hall–Kier alpha value is -1.84. The van der Waals surface area contributed by atoms with E-state index in [1.165, 1.54) is 30.4 Å². The van der Waals surface area contributed by atoms with Gasteiger partial charge in [-0.3, -0.25) is 9.59 Å². The standard InChI is InChI=1S/C23H28N2O2/c1-21(8-9-21)16-2-4-17(5-3-16)23-12-18(23)13-25(14-23)20(27)15-10-22(11-15)7-6-19(26)24-22/h2-5,15,18H,6-14H2,1H3,(H,24,26)/t15-,18?,22+,23-/m0/s1. The van der Waals surface area contributed by atoms with Gasteiger partial charge in [-0.1, -0.05) is 31.2 Å². The summed E-state index contributed by atoms with van der Waals surface area (Å²) in [6, 6.07) is 9.32. The van der Waals surface area contributed by atoms with Crippen LogP contribution >= 0.6 is 0 Å². The van der Waals surface area contributed by atoms with Crippen molar-refractivity contribution in [2.24, 2.45) is 11.8 Å². The monoisotopic (exact) mass is 364 g/mol. The van der Waals surface area contributed by atoms with E-state index in [9.17, 15) is 9.59 Å². The molecule has 27 heavy (non-hydrogen) atoms. The van der Waals surface area contributed by atoms with Gasteiger partial charge in [0.1, 0.15) is 0 Å². The molecule has 1 unspecified atom stereocenters. The number of carbonyl (C=O) groups is 2. The van der Waals surface area contributed by atoms with Crippen molar-refractivity contribution >= 4 is 11.8 Å². The summed E-state index contributed by atoms with van der Waals surface area (Å²) in [5, 5.41) is 3.11. The Kier molecular flexibility index (Phi) is 2.96. The maximum Gasteiger partial charge on any atom is 0.225 e. The number of hydrogen-bond acceptors (Lipinski definition) is 2. The molecule has 1 spiro atoms. The minimum Gasteiger partial charge on any atom is -0.351 e. The van der Waals surface area contributed by atoms with Gasteiger partial charge in [0.2, 0.25) is 11.8 Å². The highest BCUT2D eigenvalue weighted by atomic mass is 16.2. The van der Waals surface area contributed by atoms with Gasteiger partial charge in [0.25, 0.3) is 0 Å². The number of hydrogen-bond donors (Lipinski definition) is 1. The molecule has 2 amide bonds. The lowest BCUT2D eigenvalue weighted by Gasteiger charge is -2.45. The van der Waals surface area contributed by atoms with Crippen LogP contribution in [0.15, 0.2) is 24.3 Å². The number of nitrogens with one attached hydrogen (secondary N) is 1. The predicted octanol–water partition coefficient (Wildman–Crippen LogP) is 2.90. The van der Waals surface area contributed by atoms with Gasteiger partial charge in [-0.05, 0) is 61.0 Å². The Bertz CT molecular complexity index is 834. The number of rotatable bonds is 3. The molecule has 1 N–H and O–H groups in total. The zero-order valence-electron chi connectivity index (χ0n) is 16.1. The lowest BCUT2D eigenvalue weighted by atomic mass is 9.67. The van der Waals surface area contributed by atoms with E-state index in [-0.39, 0.29) is 22.8 Å². The number of fused-ring (bicyclic) bond motifs is 1. The predicted molar refractivity (Wildman–Crippen MR) is 102 cm³/mol. The number of amides is 2. The van der Waals surface area contributed by atoms with E-state index in [0.29, 0.717) is 23.7 Å². The lowest BCUT2D eigenvalue weighted by Crippen LogP contribution is -2.56. The largest absolute Gasteiger partial charge is 0.351 e. The molecule has 3 saturated carbocycles. The smallest absolute Gasteiger partial charge is 0.225 e. The molecule has 2 atom stereocenters. The van der Waals surface area contributed by atoms with Crippen LogP contribution in [0.25, 0.3) is 0 Å². The first kappa shape index (κ1) is 16.1. The average Bonchev–Trinajstić information content (AvgIpc) is 3.46. The Labute approximate surface area is 160 Å². The Balaban J connectivity index is 1.13. The Morgan fingerprint density at radius 1 is 1.07 bits per heavy atom. The molecule has 1 aromatic carbocycles. The third-order valence-electron chi connectivity index (χ3n) is 8.47. The summed E-state index contributed by atoms with van der Waals surface area (Å²) < 4.78 is 0. The minimum atomic E-state index is -0.0491. The Morgan fingerprint density at radius 3 is 2.41 bits per heavy atom. The van der Waals surface area contributed by atoms with Gasteiger partial charge in [-0.2, -0.15) is 0 Å². The second kappa shape index (κ2) is 4.95. The van der Waals surface area contributed by atoms with Gasteiger partial charge >= 0.3 is 0 Å². The van der Waals surface area contributed by atoms with Gasteiger partial charge in [0.15, 0.2) is 0 Å². The molecule has 5 fully saturated rings. The van der Waals surface area contributed by atoms with Crippen LogP contribution in [0.5, 0.6) is 0 Å². The molecule has 3 aliphatic carbocycles. The fourth-order valence-corrected chi connectivity index (χ4v) is 6.17. The molecule has 4 nitrogen and oxygen atoms in total. The summed E-state index contributed by atoms with van der Waals surface area (Å²) in [7, 11) is 0. The molecule has 6 rings (SSSR count). The van der Waals surface area contributed by atoms with Gasteiger partial charge in [0, 0.05) is 36.4 Å². The third kappa shape index (κ3) is 2.28. The van der Waals surface area contributed by atoms with E-state index in [1.54, 1.807) is 0 Å². The minimum absolute atomic E-state index is 0.0491. The molecular weight excluding hydrogens is 336 g/mol. The van der Waals surface area contributed by atoms with E-state index in [4.69, 9.17) is 0 Å². The van der Waals surface area contributed by atoms with E-state index < -0.39 is 0 Å². The molecule has 1 aromatic rings. The van der Waals surface area contributed by atoms with Gasteiger partial charge in [0.05, 0.1) is 0 Å². The lowest BCUT2D eigenvalue weighted by molar-refractivity contribution is -0.141. The van der Waals surface area contributed by atoms with Crippen molar-refractivity contribution in [1.29, 1.82) is 0 Å². The Morgan fingerprint density at radius 2 is 1.78 bits per heavy atom. The molecule has 0 bridgehead atoms. The van der Waals surface area contributed by atoms with Gasteiger partial charge < -0.3 is 10.2 Å². The van der Waals surface area contributed by atoms with Crippen molar-refractivity contribution in [2.45, 2.75) is 68.2 Å². The normalized spacial score (nSPS) is 40.5. The summed E-state index contributed by atoms with van der Waals surface area (Å²) in [6.07, 6.45) is 7.09. The summed E-state index contributed by atoms with van der Waals surface area (Å²) in [4.78, 5) is 26.6. The van der Waals surface area contributed by atoms with Crippen molar-refractivity contribution in [3.05, 3.63) is 35.4 Å². The van der Waals surface area contributed by atoms with Crippen molar-refractivity contribution in [3.8, 4) is 0 Å². The highest BCUT2D eigenvalue weighted by molar-refractivity contribution is 5.84. The van der Waals surface area contributed by atoms with Crippen molar-refractivity contribution in [2.75, 3.05) is 13.1 Å². The van der Waals surface area contributed by atoms with E-state index >= 15 is 0 Å². The molecule has 0 aromatic heterocycles. The summed E-state index contributed by atoms with van der Waals surface area (Å²) >= 11 is 0. The van der Waals surface area contributed by atoms with E-state index in [0.717, 1.165) is 32.4 Å². The van der Waals surface area contributed by atoms with Gasteiger partial charge in [-0.15, -0.1) is 0 Å². The zero-order valence-corrected chi connectivity index (χ0v) is 16.1. The molecule has 142 valence electrons. The second-order valence-corrected chi connectivity index (χ2v) is 10.3. The van der Waals surface area contributed by atoms with E-state index in [1.807, 2.05) is 0 Å². The van der Waals surface area contributed by atoms with Crippen LogP contribution in [0, 0.1) is 11.8 Å². The first-order chi connectivity index (χ1) is 12.9. The molecule has 2 aliphatic heterocycles. The van der Waals surface area contributed by atoms with Crippen LogP contribution < -0.4 is 5.32 Å². The fraction of sp³-hybridized carbons (Fsp3) is 0.652. The van der Waals surface area contributed by atoms with Crippen molar-refractivity contribution < 1.29 is 9.59 Å². The first-order valence-electron chi connectivity index (χ1n) is 10.6. The van der Waals surface area contributed by atoms with Crippen LogP contribution in [-0.2, 0) is 20.4 Å². The molecular formula is C23H28N2O2. The average molecular weight is 364 g/mol. The maximum atomic E-state index is 13.0. The SMILES string of the molecule is CC1(c2ccc([C@@]34CC3CN(C(=O)[C@H]3C[C@]5(CCC(=O)N5)C3)C4)cc2)CC1. The number of nitrogens with zero attached hydrogens (tertiary/aromatic N) is 1. The van der Waals surface area contributed by atoms with Crippen LogP contribution in [0.3, 0.4) is 0 Å². The maximum absolute atomic E-state index is 13.0. The number of likely N-dealkylation sites (tertiary alicyclic amines) is 1. The third-order valence-corrected chi connectivity index (χ3v) is 8.47. The van der Waals surface area contributed by atoms with Crippen LogP contribution in [-0.4, -0.2) is 35.3 Å². The van der Waals surface area contributed by atoms with Crippen LogP contribution in [0.4, 0.5) is 0 Å². The van der Waals surface area contributed by atoms with Crippen LogP contribution in [0.1, 0.15) is 63.0 Å².